The van der Waals surface area contributed by atoms with Gasteiger partial charge in [-0.15, -0.1) is 5.10 Å². The summed E-state index contributed by atoms with van der Waals surface area (Å²) in [5.41, 5.74) is 0.730. The van der Waals surface area contributed by atoms with E-state index in [0.717, 1.165) is 5.69 Å². The zero-order valence-corrected chi connectivity index (χ0v) is 7.57. The van der Waals surface area contributed by atoms with Gasteiger partial charge in [0.2, 0.25) is 0 Å². The standard InChI is InChI=1S/C8H9N5O/c1-6(14)8-10-11-12-13(8)7-3-2-4-9-5-7/h2-6,14H,1H3. The van der Waals surface area contributed by atoms with Crippen LogP contribution in [0.4, 0.5) is 0 Å². The lowest BCUT2D eigenvalue weighted by Crippen LogP contribution is -2.06. The van der Waals surface area contributed by atoms with Crippen LogP contribution in [0.25, 0.3) is 5.69 Å². The zero-order valence-electron chi connectivity index (χ0n) is 7.57. The van der Waals surface area contributed by atoms with E-state index < -0.39 is 6.10 Å². The molecule has 0 aliphatic heterocycles. The number of rotatable bonds is 2. The number of nitrogens with zero attached hydrogens (tertiary/aromatic N) is 5. The summed E-state index contributed by atoms with van der Waals surface area (Å²) in [6, 6.07) is 3.60. The molecule has 2 aromatic rings. The molecule has 0 radical (unpaired) electrons. The van der Waals surface area contributed by atoms with Gasteiger partial charge in [0.25, 0.3) is 0 Å². The number of aromatic nitrogens is 5. The van der Waals surface area contributed by atoms with Crippen LogP contribution in [0.1, 0.15) is 18.9 Å². The minimum atomic E-state index is -0.704. The van der Waals surface area contributed by atoms with E-state index in [0.29, 0.717) is 5.82 Å². The number of aliphatic hydroxyl groups is 1. The summed E-state index contributed by atoms with van der Waals surface area (Å²) in [5.74, 6) is 0.401. The maximum atomic E-state index is 9.37. The van der Waals surface area contributed by atoms with Crippen LogP contribution in [-0.4, -0.2) is 30.3 Å². The van der Waals surface area contributed by atoms with Gasteiger partial charge >= 0.3 is 0 Å². The highest BCUT2D eigenvalue weighted by molar-refractivity contribution is 5.26. The lowest BCUT2D eigenvalue weighted by atomic mass is 10.3. The quantitative estimate of drug-likeness (QED) is 0.729. The molecule has 0 fully saturated rings. The fourth-order valence-electron chi connectivity index (χ4n) is 1.12. The van der Waals surface area contributed by atoms with Crippen LogP contribution in [0.5, 0.6) is 0 Å². The summed E-state index contributed by atoms with van der Waals surface area (Å²) in [6.07, 6.45) is 2.59. The van der Waals surface area contributed by atoms with Crippen molar-refractivity contribution in [3.8, 4) is 5.69 Å². The van der Waals surface area contributed by atoms with E-state index >= 15 is 0 Å². The van der Waals surface area contributed by atoms with E-state index in [1.165, 1.54) is 4.68 Å². The molecule has 0 aliphatic carbocycles. The molecule has 1 atom stereocenters. The summed E-state index contributed by atoms with van der Waals surface area (Å²) < 4.78 is 1.46. The molecule has 2 heterocycles. The summed E-state index contributed by atoms with van der Waals surface area (Å²) in [5, 5.41) is 20.3. The Hall–Kier alpha value is -1.82. The topological polar surface area (TPSA) is 76.7 Å². The molecule has 0 bridgehead atoms. The second kappa shape index (κ2) is 3.51. The number of hydrogen-bond donors (Lipinski definition) is 1. The predicted molar refractivity (Wildman–Crippen MR) is 47.6 cm³/mol. The number of hydrogen-bond acceptors (Lipinski definition) is 5. The second-order valence-electron chi connectivity index (χ2n) is 2.84. The highest BCUT2D eigenvalue weighted by Crippen LogP contribution is 2.11. The fourth-order valence-corrected chi connectivity index (χ4v) is 1.12. The predicted octanol–water partition coefficient (Wildman–Crippen LogP) is 0.111. The van der Waals surface area contributed by atoms with Crippen LogP contribution in [0.3, 0.4) is 0 Å². The molecule has 0 saturated heterocycles. The van der Waals surface area contributed by atoms with Crippen molar-refractivity contribution >= 4 is 0 Å². The molecule has 0 amide bonds. The van der Waals surface area contributed by atoms with Gasteiger partial charge in [0.15, 0.2) is 5.82 Å². The smallest absolute Gasteiger partial charge is 0.184 e. The average molecular weight is 191 g/mol. The molecule has 0 saturated carbocycles. The van der Waals surface area contributed by atoms with Crippen LogP contribution in [-0.2, 0) is 0 Å². The van der Waals surface area contributed by atoms with Crippen molar-refractivity contribution in [1.82, 2.24) is 25.2 Å². The largest absolute Gasteiger partial charge is 0.385 e. The molecule has 0 aliphatic rings. The van der Waals surface area contributed by atoms with Crippen molar-refractivity contribution < 1.29 is 5.11 Å². The van der Waals surface area contributed by atoms with Crippen LogP contribution < -0.4 is 0 Å². The van der Waals surface area contributed by atoms with Crippen molar-refractivity contribution in [3.63, 3.8) is 0 Å². The number of pyridine rings is 1. The van der Waals surface area contributed by atoms with E-state index in [1.807, 2.05) is 6.07 Å². The van der Waals surface area contributed by atoms with E-state index in [9.17, 15) is 5.11 Å². The van der Waals surface area contributed by atoms with Crippen molar-refractivity contribution in [3.05, 3.63) is 30.4 Å². The monoisotopic (exact) mass is 191 g/mol. The van der Waals surface area contributed by atoms with Crippen molar-refractivity contribution in [2.24, 2.45) is 0 Å². The Labute approximate surface area is 80.2 Å². The molecular weight excluding hydrogens is 182 g/mol. The van der Waals surface area contributed by atoms with Gasteiger partial charge in [-0.25, -0.2) is 0 Å². The van der Waals surface area contributed by atoms with Gasteiger partial charge in [-0.1, -0.05) is 0 Å². The van der Waals surface area contributed by atoms with Gasteiger partial charge in [0.05, 0.1) is 11.9 Å². The van der Waals surface area contributed by atoms with Gasteiger partial charge in [-0.3, -0.25) is 4.98 Å². The molecule has 0 aromatic carbocycles. The van der Waals surface area contributed by atoms with Crippen molar-refractivity contribution in [2.75, 3.05) is 0 Å². The Morgan fingerprint density at radius 2 is 2.36 bits per heavy atom. The first kappa shape index (κ1) is 8.76. The molecule has 0 spiro atoms. The Morgan fingerprint density at radius 3 is 3.00 bits per heavy atom. The highest BCUT2D eigenvalue weighted by Gasteiger charge is 2.12. The molecular formula is C8H9N5O. The zero-order chi connectivity index (χ0) is 9.97. The van der Waals surface area contributed by atoms with Gasteiger partial charge < -0.3 is 5.11 Å². The molecule has 6 heteroatoms. The minimum Gasteiger partial charge on any atom is -0.385 e. The SMILES string of the molecule is CC(O)c1nnnn1-c1cccnc1. The molecule has 1 N–H and O–H groups in total. The van der Waals surface area contributed by atoms with Crippen molar-refractivity contribution in [2.45, 2.75) is 13.0 Å². The maximum absolute atomic E-state index is 9.37. The van der Waals surface area contributed by atoms with Crippen LogP contribution >= 0.6 is 0 Å². The third kappa shape index (κ3) is 1.47. The van der Waals surface area contributed by atoms with Crippen LogP contribution in [0.15, 0.2) is 24.5 Å². The van der Waals surface area contributed by atoms with E-state index in [4.69, 9.17) is 0 Å². The Kier molecular flexibility index (Phi) is 2.19. The minimum absolute atomic E-state index is 0.401. The first-order valence-corrected chi connectivity index (χ1v) is 4.16. The Bertz CT molecular complexity index is 411. The molecule has 2 rings (SSSR count). The van der Waals surface area contributed by atoms with E-state index in [2.05, 4.69) is 20.5 Å². The van der Waals surface area contributed by atoms with Gasteiger partial charge in [0.1, 0.15) is 6.10 Å². The van der Waals surface area contributed by atoms with Crippen LogP contribution in [0, 0.1) is 0 Å². The maximum Gasteiger partial charge on any atom is 0.184 e. The lowest BCUT2D eigenvalue weighted by molar-refractivity contribution is 0.186. The summed E-state index contributed by atoms with van der Waals surface area (Å²) in [6.45, 7) is 1.61. The summed E-state index contributed by atoms with van der Waals surface area (Å²) in [7, 11) is 0. The van der Waals surface area contributed by atoms with Crippen molar-refractivity contribution in [1.29, 1.82) is 0 Å². The summed E-state index contributed by atoms with van der Waals surface area (Å²) in [4.78, 5) is 3.94. The Morgan fingerprint density at radius 1 is 1.50 bits per heavy atom. The molecule has 14 heavy (non-hydrogen) atoms. The van der Waals surface area contributed by atoms with Gasteiger partial charge in [0, 0.05) is 6.20 Å². The molecule has 2 aromatic heterocycles. The first-order chi connectivity index (χ1) is 6.79. The van der Waals surface area contributed by atoms with E-state index in [1.54, 1.807) is 25.4 Å². The third-order valence-corrected chi connectivity index (χ3v) is 1.76. The third-order valence-electron chi connectivity index (χ3n) is 1.76. The van der Waals surface area contributed by atoms with Gasteiger partial charge in [-0.2, -0.15) is 4.68 Å². The molecule has 72 valence electrons. The Balaban J connectivity index is 2.47. The molecule has 1 unspecified atom stereocenters. The normalized spacial score (nSPS) is 12.7. The van der Waals surface area contributed by atoms with Crippen LogP contribution in [0.2, 0.25) is 0 Å². The average Bonchev–Trinajstić information content (AvgIpc) is 2.67. The number of aliphatic hydroxyl groups excluding tert-OH is 1. The first-order valence-electron chi connectivity index (χ1n) is 4.16. The highest BCUT2D eigenvalue weighted by atomic mass is 16.3. The van der Waals surface area contributed by atoms with E-state index in [-0.39, 0.29) is 0 Å². The van der Waals surface area contributed by atoms with Gasteiger partial charge in [-0.05, 0) is 29.5 Å². The second-order valence-corrected chi connectivity index (χ2v) is 2.84. The fraction of sp³-hybridized carbons (Fsp3) is 0.250. The lowest BCUT2D eigenvalue weighted by Gasteiger charge is -2.04. The molecule has 6 nitrogen and oxygen atoms in total. The summed E-state index contributed by atoms with van der Waals surface area (Å²) >= 11 is 0. The number of tetrazole rings is 1.